The highest BCUT2D eigenvalue weighted by molar-refractivity contribution is 5.69. The maximum Gasteiger partial charge on any atom is 0.305 e. The molecule has 0 bridgehead atoms. The summed E-state index contributed by atoms with van der Waals surface area (Å²) in [5.74, 6) is -0.782. The second-order valence-electron chi connectivity index (χ2n) is 13.8. The molecular formula is C43H76O7. The zero-order valence-electron chi connectivity index (χ0n) is 32.1. The fraction of sp³-hybridized carbons (Fsp3) is 0.767. The summed E-state index contributed by atoms with van der Waals surface area (Å²) in [6, 6.07) is 0. The Morgan fingerprint density at radius 3 is 1.28 bits per heavy atom. The minimum atomic E-state index is -1.05. The van der Waals surface area contributed by atoms with Crippen molar-refractivity contribution >= 4 is 11.9 Å². The summed E-state index contributed by atoms with van der Waals surface area (Å²) in [7, 11) is 0. The minimum Gasteiger partial charge on any atom is -0.463 e. The molecule has 0 aliphatic rings. The maximum atomic E-state index is 12.0. The Hall–Kier alpha value is -2.22. The Labute approximate surface area is 306 Å². The summed E-state index contributed by atoms with van der Waals surface area (Å²) in [5, 5.41) is 29.9. The molecule has 7 nitrogen and oxygen atoms in total. The summed E-state index contributed by atoms with van der Waals surface area (Å²) in [6.07, 6.45) is 41.0. The van der Waals surface area contributed by atoms with Gasteiger partial charge in [-0.25, -0.2) is 0 Å². The second-order valence-corrected chi connectivity index (χ2v) is 13.8. The first-order valence-electron chi connectivity index (χ1n) is 20.4. The topological polar surface area (TPSA) is 113 Å². The summed E-state index contributed by atoms with van der Waals surface area (Å²) < 4.78 is 10.2. The molecule has 0 amide bonds. The van der Waals surface area contributed by atoms with E-state index in [0.29, 0.717) is 19.3 Å². The van der Waals surface area contributed by atoms with E-state index in [1.165, 1.54) is 89.9 Å². The van der Waals surface area contributed by atoms with E-state index in [4.69, 9.17) is 9.47 Å². The molecule has 0 rings (SSSR count). The highest BCUT2D eigenvalue weighted by Gasteiger charge is 2.12. The molecule has 3 N–H and O–H groups in total. The van der Waals surface area contributed by atoms with Gasteiger partial charge in [0.1, 0.15) is 19.3 Å². The molecule has 50 heavy (non-hydrogen) atoms. The van der Waals surface area contributed by atoms with Gasteiger partial charge in [0.25, 0.3) is 0 Å². The third-order valence-electron chi connectivity index (χ3n) is 8.78. The SMILES string of the molecule is CCCCCCCCCCCCCCCCCCCC(=O)OC[C@@H](O)COC(=O)CCC[C@@H](O)/C=C/C=C\C/C=C\C=C\[C@@H](O)CCCCC. The van der Waals surface area contributed by atoms with Crippen LogP contribution in [0.4, 0.5) is 0 Å². The van der Waals surface area contributed by atoms with E-state index in [0.717, 1.165) is 51.4 Å². The molecule has 0 aliphatic heterocycles. The van der Waals surface area contributed by atoms with Gasteiger partial charge >= 0.3 is 11.9 Å². The first-order chi connectivity index (χ1) is 24.4. The van der Waals surface area contributed by atoms with Crippen LogP contribution in [0.5, 0.6) is 0 Å². The van der Waals surface area contributed by atoms with Crippen molar-refractivity contribution < 1.29 is 34.4 Å². The Kier molecular flexibility index (Phi) is 36.3. The summed E-state index contributed by atoms with van der Waals surface area (Å²) in [4.78, 5) is 24.0. The summed E-state index contributed by atoms with van der Waals surface area (Å²) in [5.41, 5.74) is 0. The number of hydrogen-bond donors (Lipinski definition) is 3. The van der Waals surface area contributed by atoms with Gasteiger partial charge in [-0.2, -0.15) is 0 Å². The third-order valence-corrected chi connectivity index (χ3v) is 8.78. The van der Waals surface area contributed by atoms with Crippen LogP contribution < -0.4 is 0 Å². The van der Waals surface area contributed by atoms with E-state index < -0.39 is 18.2 Å². The van der Waals surface area contributed by atoms with Crippen molar-refractivity contribution in [3.05, 3.63) is 48.6 Å². The fourth-order valence-corrected chi connectivity index (χ4v) is 5.59. The van der Waals surface area contributed by atoms with Crippen molar-refractivity contribution in [2.75, 3.05) is 13.2 Å². The number of esters is 2. The number of unbranched alkanes of at least 4 members (excludes halogenated alkanes) is 18. The molecule has 290 valence electrons. The predicted molar refractivity (Wildman–Crippen MR) is 208 cm³/mol. The maximum absolute atomic E-state index is 12.0. The van der Waals surface area contributed by atoms with E-state index in [2.05, 4.69) is 13.8 Å². The van der Waals surface area contributed by atoms with Gasteiger partial charge in [-0.1, -0.05) is 184 Å². The van der Waals surface area contributed by atoms with Gasteiger partial charge in [-0.05, 0) is 32.1 Å². The number of aliphatic hydroxyl groups is 3. The number of allylic oxidation sites excluding steroid dienone is 6. The lowest BCUT2D eigenvalue weighted by molar-refractivity contribution is -0.152. The number of ether oxygens (including phenoxy) is 2. The molecule has 0 saturated carbocycles. The molecule has 0 fully saturated rings. The van der Waals surface area contributed by atoms with Crippen LogP contribution in [-0.4, -0.2) is 58.8 Å². The van der Waals surface area contributed by atoms with Crippen LogP contribution in [0, 0.1) is 0 Å². The lowest BCUT2D eigenvalue weighted by Crippen LogP contribution is -2.25. The molecular weight excluding hydrogens is 628 g/mol. The molecule has 0 radical (unpaired) electrons. The van der Waals surface area contributed by atoms with Crippen molar-refractivity contribution in [3.63, 3.8) is 0 Å². The number of carbonyl (C=O) groups excluding carboxylic acids is 2. The van der Waals surface area contributed by atoms with Crippen molar-refractivity contribution in [1.29, 1.82) is 0 Å². The van der Waals surface area contributed by atoms with E-state index >= 15 is 0 Å². The fourth-order valence-electron chi connectivity index (χ4n) is 5.59. The number of aliphatic hydroxyl groups excluding tert-OH is 3. The largest absolute Gasteiger partial charge is 0.463 e. The quantitative estimate of drug-likeness (QED) is 0.0338. The van der Waals surface area contributed by atoms with Crippen LogP contribution in [0.2, 0.25) is 0 Å². The third kappa shape index (κ3) is 37.0. The van der Waals surface area contributed by atoms with Gasteiger partial charge in [0.05, 0.1) is 12.2 Å². The molecule has 7 heteroatoms. The second kappa shape index (κ2) is 38.0. The number of carbonyl (C=O) groups is 2. The van der Waals surface area contributed by atoms with Crippen molar-refractivity contribution in [2.24, 2.45) is 0 Å². The van der Waals surface area contributed by atoms with Crippen LogP contribution in [-0.2, 0) is 19.1 Å². The van der Waals surface area contributed by atoms with Crippen LogP contribution in [0.3, 0.4) is 0 Å². The van der Waals surface area contributed by atoms with Crippen molar-refractivity contribution in [2.45, 2.75) is 199 Å². The minimum absolute atomic E-state index is 0.137. The Morgan fingerprint density at radius 1 is 0.480 bits per heavy atom. The molecule has 0 aromatic carbocycles. The van der Waals surface area contributed by atoms with Gasteiger partial charge in [-0.15, -0.1) is 0 Å². The van der Waals surface area contributed by atoms with E-state index in [1.807, 2.05) is 36.5 Å². The Morgan fingerprint density at radius 2 is 0.840 bits per heavy atom. The van der Waals surface area contributed by atoms with Gasteiger partial charge in [0, 0.05) is 12.8 Å². The summed E-state index contributed by atoms with van der Waals surface area (Å²) in [6.45, 7) is 4.01. The van der Waals surface area contributed by atoms with Gasteiger partial charge in [0.15, 0.2) is 0 Å². The molecule has 0 saturated heterocycles. The molecule has 0 aromatic heterocycles. The highest BCUT2D eigenvalue weighted by atomic mass is 16.6. The van der Waals surface area contributed by atoms with Gasteiger partial charge in [0.2, 0.25) is 0 Å². The summed E-state index contributed by atoms with van der Waals surface area (Å²) >= 11 is 0. The first-order valence-corrected chi connectivity index (χ1v) is 20.4. The van der Waals surface area contributed by atoms with Gasteiger partial charge < -0.3 is 24.8 Å². The predicted octanol–water partition coefficient (Wildman–Crippen LogP) is 10.6. The zero-order valence-corrected chi connectivity index (χ0v) is 32.1. The standard InChI is InChI=1S/C43H76O7/c1-3-5-7-8-9-10-11-12-13-14-15-16-17-18-22-25-29-35-42(47)49-37-41(46)38-50-43(48)36-30-34-40(45)33-28-24-21-19-20-23-27-32-39(44)31-26-6-4-2/h20-21,23-24,27-28,32-33,39-41,44-46H,3-19,22,25-26,29-31,34-38H2,1-2H3/b23-20-,24-21-,32-27+,33-28+/t39-,40-,41+/m0/s1. The van der Waals surface area contributed by atoms with E-state index in [-0.39, 0.29) is 31.7 Å². The van der Waals surface area contributed by atoms with E-state index in [9.17, 15) is 24.9 Å². The van der Waals surface area contributed by atoms with Gasteiger partial charge in [-0.3, -0.25) is 9.59 Å². The van der Waals surface area contributed by atoms with Crippen LogP contribution in [0.1, 0.15) is 181 Å². The van der Waals surface area contributed by atoms with E-state index in [1.54, 1.807) is 12.2 Å². The average Bonchev–Trinajstić information content (AvgIpc) is 3.10. The zero-order chi connectivity index (χ0) is 36.8. The smallest absolute Gasteiger partial charge is 0.305 e. The molecule has 0 aromatic rings. The monoisotopic (exact) mass is 705 g/mol. The average molecular weight is 705 g/mol. The molecule has 0 heterocycles. The highest BCUT2D eigenvalue weighted by Crippen LogP contribution is 2.14. The van der Waals surface area contributed by atoms with Crippen molar-refractivity contribution in [1.82, 2.24) is 0 Å². The first kappa shape index (κ1) is 47.8. The Balaban J connectivity index is 3.65. The van der Waals surface area contributed by atoms with Crippen molar-refractivity contribution in [3.8, 4) is 0 Å². The van der Waals surface area contributed by atoms with Crippen LogP contribution in [0.15, 0.2) is 48.6 Å². The molecule has 3 atom stereocenters. The van der Waals surface area contributed by atoms with Crippen LogP contribution in [0.25, 0.3) is 0 Å². The number of rotatable bonds is 36. The molecule has 0 unspecified atom stereocenters. The normalized spacial score (nSPS) is 13.9. The lowest BCUT2D eigenvalue weighted by atomic mass is 10.0. The Bertz CT molecular complexity index is 878. The number of hydrogen-bond acceptors (Lipinski definition) is 7. The molecule has 0 aliphatic carbocycles. The lowest BCUT2D eigenvalue weighted by Gasteiger charge is -2.12. The van der Waals surface area contributed by atoms with Crippen LogP contribution >= 0.6 is 0 Å². The molecule has 0 spiro atoms.